The number of pyridine rings is 1. The summed E-state index contributed by atoms with van der Waals surface area (Å²) in [6.07, 6.45) is 0. The smallest absolute Gasteiger partial charge is 0.0705 e. The molecule has 1 fully saturated rings. The number of nitrogens with zero attached hydrogens (tertiary/aromatic N) is 1. The molecular weight excluding hydrogens is 208 g/mol. The van der Waals surface area contributed by atoms with Gasteiger partial charge in [0.15, 0.2) is 0 Å². The van der Waals surface area contributed by atoms with Gasteiger partial charge in [0.1, 0.15) is 0 Å². The minimum atomic E-state index is 0.242. The Morgan fingerprint density at radius 2 is 1.88 bits per heavy atom. The van der Waals surface area contributed by atoms with Crippen molar-refractivity contribution in [2.45, 2.75) is 32.7 Å². The second kappa shape index (κ2) is 3.30. The number of hydrogen-bond acceptors (Lipinski definition) is 2. The van der Waals surface area contributed by atoms with Gasteiger partial charge in [0.05, 0.1) is 5.52 Å². The lowest BCUT2D eigenvalue weighted by molar-refractivity contribution is 0.599. The monoisotopic (exact) mass is 226 g/mol. The SMILES string of the molecule is Cc1ccc2cc([C@H]3[C@H](N)C3(C)C)ccc2n1. The van der Waals surface area contributed by atoms with Gasteiger partial charge in [-0.25, -0.2) is 0 Å². The molecule has 1 aliphatic carbocycles. The van der Waals surface area contributed by atoms with E-state index in [1.165, 1.54) is 10.9 Å². The van der Waals surface area contributed by atoms with E-state index in [9.17, 15) is 0 Å². The molecule has 88 valence electrons. The third-order valence-electron chi connectivity index (χ3n) is 4.12. The van der Waals surface area contributed by atoms with Crippen molar-refractivity contribution in [3.05, 3.63) is 41.6 Å². The van der Waals surface area contributed by atoms with Crippen LogP contribution in [0.2, 0.25) is 0 Å². The quantitative estimate of drug-likeness (QED) is 0.812. The van der Waals surface area contributed by atoms with E-state index in [-0.39, 0.29) is 5.41 Å². The molecule has 0 radical (unpaired) electrons. The Morgan fingerprint density at radius 1 is 1.18 bits per heavy atom. The molecular formula is C15H18N2. The maximum absolute atomic E-state index is 6.13. The first-order valence-electron chi connectivity index (χ1n) is 6.13. The molecule has 2 nitrogen and oxygen atoms in total. The fourth-order valence-corrected chi connectivity index (χ4v) is 2.75. The van der Waals surface area contributed by atoms with Crippen LogP contribution in [0.3, 0.4) is 0 Å². The molecule has 0 unspecified atom stereocenters. The Hall–Kier alpha value is -1.41. The number of fused-ring (bicyclic) bond motifs is 1. The van der Waals surface area contributed by atoms with E-state index in [1.54, 1.807) is 0 Å². The van der Waals surface area contributed by atoms with Gasteiger partial charge >= 0.3 is 0 Å². The minimum absolute atomic E-state index is 0.242. The maximum atomic E-state index is 6.13. The van der Waals surface area contributed by atoms with Crippen LogP contribution in [0.25, 0.3) is 10.9 Å². The van der Waals surface area contributed by atoms with Crippen molar-refractivity contribution in [3.8, 4) is 0 Å². The number of benzene rings is 1. The number of nitrogens with two attached hydrogens (primary N) is 1. The summed E-state index contributed by atoms with van der Waals surface area (Å²) in [4.78, 5) is 4.52. The van der Waals surface area contributed by atoms with Crippen molar-refractivity contribution >= 4 is 10.9 Å². The highest BCUT2D eigenvalue weighted by molar-refractivity contribution is 5.79. The first-order chi connectivity index (χ1) is 8.00. The lowest BCUT2D eigenvalue weighted by Crippen LogP contribution is -2.06. The molecule has 2 aromatic rings. The van der Waals surface area contributed by atoms with E-state index in [2.05, 4.69) is 49.2 Å². The van der Waals surface area contributed by atoms with Crippen molar-refractivity contribution in [2.75, 3.05) is 0 Å². The number of rotatable bonds is 1. The van der Waals surface area contributed by atoms with Crippen molar-refractivity contribution in [2.24, 2.45) is 11.1 Å². The zero-order valence-corrected chi connectivity index (χ0v) is 10.6. The standard InChI is InChI=1S/C15H18N2/c1-9-4-5-10-8-11(6-7-12(10)17-9)13-14(16)15(13,2)3/h4-8,13-14H,16H2,1-3H3/t13-,14-/m0/s1. The van der Waals surface area contributed by atoms with Gasteiger partial charge in [-0.05, 0) is 36.1 Å². The molecule has 1 heterocycles. The summed E-state index contributed by atoms with van der Waals surface area (Å²) in [6, 6.07) is 11.0. The molecule has 2 atom stereocenters. The average molecular weight is 226 g/mol. The Morgan fingerprint density at radius 3 is 2.53 bits per heavy atom. The van der Waals surface area contributed by atoms with Crippen molar-refractivity contribution in [1.82, 2.24) is 4.98 Å². The molecule has 0 spiro atoms. The van der Waals surface area contributed by atoms with Crippen LogP contribution in [-0.2, 0) is 0 Å². The summed E-state index contributed by atoms with van der Waals surface area (Å²) in [5.41, 5.74) is 9.85. The van der Waals surface area contributed by atoms with Gasteiger partial charge in [-0.2, -0.15) is 0 Å². The van der Waals surface area contributed by atoms with E-state index < -0.39 is 0 Å². The summed E-state index contributed by atoms with van der Waals surface area (Å²) in [6.45, 7) is 6.49. The Labute approximate surface area is 102 Å². The molecule has 1 aromatic carbocycles. The first kappa shape index (κ1) is 10.7. The molecule has 3 rings (SSSR count). The highest BCUT2D eigenvalue weighted by Gasteiger charge is 2.56. The van der Waals surface area contributed by atoms with Gasteiger partial charge in [0, 0.05) is 23.0 Å². The molecule has 0 saturated heterocycles. The van der Waals surface area contributed by atoms with Crippen molar-refractivity contribution in [3.63, 3.8) is 0 Å². The normalized spacial score (nSPS) is 26.1. The second-order valence-electron chi connectivity index (χ2n) is 5.73. The van der Waals surface area contributed by atoms with Crippen molar-refractivity contribution in [1.29, 1.82) is 0 Å². The molecule has 2 N–H and O–H groups in total. The third-order valence-corrected chi connectivity index (χ3v) is 4.12. The molecule has 1 aromatic heterocycles. The zero-order chi connectivity index (χ0) is 12.2. The van der Waals surface area contributed by atoms with Crippen LogP contribution in [-0.4, -0.2) is 11.0 Å². The number of aryl methyl sites for hydroxylation is 1. The average Bonchev–Trinajstić information content (AvgIpc) is 2.78. The highest BCUT2D eigenvalue weighted by atomic mass is 14.8. The van der Waals surface area contributed by atoms with E-state index in [0.29, 0.717) is 12.0 Å². The topological polar surface area (TPSA) is 38.9 Å². The lowest BCUT2D eigenvalue weighted by atomic mass is 10.0. The van der Waals surface area contributed by atoms with Crippen LogP contribution in [0.4, 0.5) is 0 Å². The van der Waals surface area contributed by atoms with Gasteiger partial charge in [0.2, 0.25) is 0 Å². The molecule has 0 aliphatic heterocycles. The lowest BCUT2D eigenvalue weighted by Gasteiger charge is -2.05. The van der Waals surface area contributed by atoms with E-state index in [0.717, 1.165) is 11.2 Å². The van der Waals surface area contributed by atoms with Gasteiger partial charge < -0.3 is 5.73 Å². The van der Waals surface area contributed by atoms with Crippen LogP contribution in [0, 0.1) is 12.3 Å². The summed E-state index contributed by atoms with van der Waals surface area (Å²) < 4.78 is 0. The zero-order valence-electron chi connectivity index (χ0n) is 10.6. The fraction of sp³-hybridized carbons (Fsp3) is 0.400. The fourth-order valence-electron chi connectivity index (χ4n) is 2.75. The molecule has 2 heteroatoms. The van der Waals surface area contributed by atoms with E-state index in [1.807, 2.05) is 6.92 Å². The Kier molecular flexibility index (Phi) is 2.08. The van der Waals surface area contributed by atoms with Gasteiger partial charge in [-0.15, -0.1) is 0 Å². The van der Waals surface area contributed by atoms with Gasteiger partial charge in [-0.3, -0.25) is 4.98 Å². The largest absolute Gasteiger partial charge is 0.327 e. The maximum Gasteiger partial charge on any atom is 0.0705 e. The van der Waals surface area contributed by atoms with E-state index in [4.69, 9.17) is 5.73 Å². The predicted molar refractivity (Wildman–Crippen MR) is 71.0 cm³/mol. The molecule has 0 amide bonds. The molecule has 17 heavy (non-hydrogen) atoms. The summed E-state index contributed by atoms with van der Waals surface area (Å²) in [5, 5.41) is 1.21. The second-order valence-corrected chi connectivity index (χ2v) is 5.73. The molecule has 1 aliphatic rings. The summed E-state index contributed by atoms with van der Waals surface area (Å²) in [5.74, 6) is 0.494. The molecule has 1 saturated carbocycles. The van der Waals surface area contributed by atoms with Gasteiger partial charge in [0.25, 0.3) is 0 Å². The summed E-state index contributed by atoms with van der Waals surface area (Å²) in [7, 11) is 0. The highest BCUT2D eigenvalue weighted by Crippen LogP contribution is 2.57. The van der Waals surface area contributed by atoms with Gasteiger partial charge in [-0.1, -0.05) is 26.0 Å². The Balaban J connectivity index is 2.07. The minimum Gasteiger partial charge on any atom is -0.327 e. The van der Waals surface area contributed by atoms with Crippen LogP contribution in [0.15, 0.2) is 30.3 Å². The van der Waals surface area contributed by atoms with Crippen molar-refractivity contribution < 1.29 is 0 Å². The third kappa shape index (κ3) is 1.55. The number of hydrogen-bond donors (Lipinski definition) is 1. The Bertz CT molecular complexity index is 586. The molecule has 0 bridgehead atoms. The first-order valence-corrected chi connectivity index (χ1v) is 6.13. The van der Waals surface area contributed by atoms with E-state index >= 15 is 0 Å². The van der Waals surface area contributed by atoms with Crippen LogP contribution in [0.5, 0.6) is 0 Å². The van der Waals surface area contributed by atoms with Crippen LogP contribution in [0.1, 0.15) is 31.0 Å². The number of aromatic nitrogens is 1. The van der Waals surface area contributed by atoms with Crippen LogP contribution < -0.4 is 5.73 Å². The summed E-state index contributed by atoms with van der Waals surface area (Å²) >= 11 is 0. The van der Waals surface area contributed by atoms with Crippen LogP contribution >= 0.6 is 0 Å². The predicted octanol–water partition coefficient (Wildman–Crippen LogP) is 2.99.